The molecule has 2 fully saturated rings. The van der Waals surface area contributed by atoms with Gasteiger partial charge in [-0.3, -0.25) is 9.59 Å². The van der Waals surface area contributed by atoms with Gasteiger partial charge in [-0.15, -0.1) is 23.5 Å². The molecule has 2 heterocycles. The van der Waals surface area contributed by atoms with E-state index in [2.05, 4.69) is 6.92 Å². The van der Waals surface area contributed by atoms with Crippen molar-refractivity contribution in [2.24, 2.45) is 0 Å². The van der Waals surface area contributed by atoms with Crippen LogP contribution in [0.1, 0.15) is 6.92 Å². The summed E-state index contributed by atoms with van der Waals surface area (Å²) in [7, 11) is 1.78. The molecule has 5 nitrogen and oxygen atoms in total. The monoisotopic (exact) mass is 366 g/mol. The summed E-state index contributed by atoms with van der Waals surface area (Å²) in [5, 5.41) is 0. The Morgan fingerprint density at radius 1 is 1.42 bits per heavy atom. The lowest BCUT2D eigenvalue weighted by atomic mass is 10.2. The maximum Gasteiger partial charge on any atom is 0.246 e. The zero-order chi connectivity index (χ0) is 17.2. The van der Waals surface area contributed by atoms with Crippen molar-refractivity contribution in [3.05, 3.63) is 30.3 Å². The summed E-state index contributed by atoms with van der Waals surface area (Å²) in [5.41, 5.74) is 0. The normalized spacial score (nSPS) is 26.2. The van der Waals surface area contributed by atoms with Gasteiger partial charge in [0, 0.05) is 18.6 Å². The number of hydrogen-bond acceptors (Lipinski definition) is 5. The molecule has 2 atom stereocenters. The average molecular weight is 367 g/mol. The second-order valence-electron chi connectivity index (χ2n) is 6.18. The van der Waals surface area contributed by atoms with Gasteiger partial charge in [-0.1, -0.05) is 18.2 Å². The number of fused-ring (bicyclic) bond motifs is 1. The van der Waals surface area contributed by atoms with Gasteiger partial charge >= 0.3 is 0 Å². The Balaban J connectivity index is 1.56. The summed E-state index contributed by atoms with van der Waals surface area (Å²) in [6, 6.07) is 9.21. The fraction of sp³-hybridized carbons (Fsp3) is 0.529. The number of ether oxygens (including phenoxy) is 1. The van der Waals surface area contributed by atoms with Crippen molar-refractivity contribution in [2.75, 3.05) is 37.5 Å². The highest BCUT2D eigenvalue weighted by Crippen LogP contribution is 2.44. The fourth-order valence-electron chi connectivity index (χ4n) is 3.04. The molecule has 1 aromatic carbocycles. The van der Waals surface area contributed by atoms with E-state index in [9.17, 15) is 9.59 Å². The largest absolute Gasteiger partial charge is 0.492 e. The molecule has 2 amide bonds. The van der Waals surface area contributed by atoms with Gasteiger partial charge in [0.1, 0.15) is 18.4 Å². The van der Waals surface area contributed by atoms with E-state index in [0.29, 0.717) is 24.7 Å². The first-order valence-electron chi connectivity index (χ1n) is 7.98. The van der Waals surface area contributed by atoms with Crippen LogP contribution in [-0.2, 0) is 9.59 Å². The molecule has 0 saturated carbocycles. The minimum atomic E-state index is -0.352. The Bertz CT molecular complexity index is 613. The lowest BCUT2D eigenvalue weighted by Crippen LogP contribution is -2.57. The smallest absolute Gasteiger partial charge is 0.246 e. The highest BCUT2D eigenvalue weighted by molar-refractivity contribution is 8.04. The summed E-state index contributed by atoms with van der Waals surface area (Å²) in [6.07, 6.45) is 0. The number of carbonyl (C=O) groups excluding carboxylic acids is 2. The molecule has 3 rings (SSSR count). The van der Waals surface area contributed by atoms with E-state index in [0.717, 1.165) is 11.5 Å². The lowest BCUT2D eigenvalue weighted by molar-refractivity contribution is -0.144. The molecule has 130 valence electrons. The number of rotatable bonds is 5. The quantitative estimate of drug-likeness (QED) is 0.797. The molecule has 0 aliphatic carbocycles. The Labute approximate surface area is 151 Å². The molecule has 24 heavy (non-hydrogen) atoms. The highest BCUT2D eigenvalue weighted by atomic mass is 32.2. The van der Waals surface area contributed by atoms with Gasteiger partial charge in [-0.2, -0.15) is 0 Å². The predicted octanol–water partition coefficient (Wildman–Crippen LogP) is 1.93. The minimum absolute atomic E-state index is 0.00290. The molecule has 0 spiro atoms. The molecule has 7 heteroatoms. The molecule has 2 saturated heterocycles. The van der Waals surface area contributed by atoms with E-state index in [1.54, 1.807) is 35.5 Å². The van der Waals surface area contributed by atoms with E-state index in [1.807, 2.05) is 35.2 Å². The third-order valence-electron chi connectivity index (χ3n) is 4.34. The van der Waals surface area contributed by atoms with Crippen LogP contribution >= 0.6 is 23.5 Å². The topological polar surface area (TPSA) is 49.9 Å². The van der Waals surface area contributed by atoms with Crippen LogP contribution in [-0.4, -0.2) is 70.0 Å². The minimum Gasteiger partial charge on any atom is -0.492 e. The Hall–Kier alpha value is -1.34. The number of likely N-dealkylation sites (N-methyl/N-ethyl adjacent to an activating group) is 1. The summed E-state index contributed by atoms with van der Waals surface area (Å²) >= 11 is 3.37. The number of hydrogen-bond donors (Lipinski definition) is 0. The van der Waals surface area contributed by atoms with Gasteiger partial charge in [-0.05, 0) is 19.1 Å². The van der Waals surface area contributed by atoms with E-state index >= 15 is 0 Å². The first kappa shape index (κ1) is 17.5. The van der Waals surface area contributed by atoms with Crippen molar-refractivity contribution in [2.45, 2.75) is 17.8 Å². The molecule has 0 unspecified atom stereocenters. The Kier molecular flexibility index (Phi) is 5.30. The molecule has 0 N–H and O–H groups in total. The molecular weight excluding hydrogens is 344 g/mol. The fourth-order valence-corrected chi connectivity index (χ4v) is 5.74. The van der Waals surface area contributed by atoms with Crippen LogP contribution in [0.5, 0.6) is 5.75 Å². The number of carbonyl (C=O) groups is 2. The first-order chi connectivity index (χ1) is 11.5. The number of para-hydroxylation sites is 1. The van der Waals surface area contributed by atoms with Gasteiger partial charge < -0.3 is 14.5 Å². The Morgan fingerprint density at radius 2 is 2.17 bits per heavy atom. The summed E-state index contributed by atoms with van der Waals surface area (Å²) in [6.45, 7) is 3.00. The zero-order valence-electron chi connectivity index (χ0n) is 13.9. The molecule has 2 aliphatic heterocycles. The van der Waals surface area contributed by atoms with Crippen molar-refractivity contribution in [1.82, 2.24) is 9.80 Å². The molecule has 0 aromatic heterocycles. The summed E-state index contributed by atoms with van der Waals surface area (Å²) in [4.78, 5) is 28.3. The molecule has 1 aromatic rings. The van der Waals surface area contributed by atoms with Gasteiger partial charge in [-0.25, -0.2) is 0 Å². The lowest BCUT2D eigenvalue weighted by Gasteiger charge is -2.40. The van der Waals surface area contributed by atoms with E-state index < -0.39 is 0 Å². The van der Waals surface area contributed by atoms with Gasteiger partial charge in [0.25, 0.3) is 0 Å². The Morgan fingerprint density at radius 3 is 2.92 bits per heavy atom. The first-order valence-corrected chi connectivity index (χ1v) is 10.1. The van der Waals surface area contributed by atoms with Gasteiger partial charge in [0.2, 0.25) is 11.8 Å². The number of benzene rings is 1. The van der Waals surface area contributed by atoms with E-state index in [1.165, 1.54) is 0 Å². The van der Waals surface area contributed by atoms with Crippen molar-refractivity contribution in [3.8, 4) is 5.75 Å². The van der Waals surface area contributed by atoms with Crippen molar-refractivity contribution < 1.29 is 14.3 Å². The second kappa shape index (κ2) is 7.27. The molecule has 0 bridgehead atoms. The number of amides is 2. The van der Waals surface area contributed by atoms with E-state index in [-0.39, 0.29) is 22.7 Å². The third kappa shape index (κ3) is 3.52. The van der Waals surface area contributed by atoms with Crippen molar-refractivity contribution in [3.63, 3.8) is 0 Å². The van der Waals surface area contributed by atoms with Crippen molar-refractivity contribution >= 4 is 35.3 Å². The van der Waals surface area contributed by atoms with E-state index in [4.69, 9.17) is 4.74 Å². The van der Waals surface area contributed by atoms with Gasteiger partial charge in [0.05, 0.1) is 17.2 Å². The van der Waals surface area contributed by atoms with Crippen LogP contribution in [0.4, 0.5) is 0 Å². The highest BCUT2D eigenvalue weighted by Gasteiger charge is 2.51. The second-order valence-corrected chi connectivity index (χ2v) is 8.67. The molecule has 2 aliphatic rings. The average Bonchev–Trinajstić information content (AvgIpc) is 2.94. The summed E-state index contributed by atoms with van der Waals surface area (Å²) in [5.74, 6) is 2.90. The van der Waals surface area contributed by atoms with Crippen LogP contribution in [0.25, 0.3) is 0 Å². The number of thioether (sulfide) groups is 2. The predicted molar refractivity (Wildman–Crippen MR) is 98.4 cm³/mol. The van der Waals surface area contributed by atoms with Gasteiger partial charge in [0.15, 0.2) is 0 Å². The number of nitrogens with zero attached hydrogens (tertiary/aromatic N) is 2. The maximum atomic E-state index is 12.8. The maximum absolute atomic E-state index is 12.8. The van der Waals surface area contributed by atoms with Crippen LogP contribution < -0.4 is 4.74 Å². The standard InChI is InChI=1S/C17H22N2O3S2/c1-17-12-23-11-15(20)19(17)14(10-24-17)16(21)18(2)8-9-22-13-6-4-3-5-7-13/h3-7,14H,8-12H2,1-2H3/t14-,17+/m0/s1. The SMILES string of the molecule is CN(CCOc1ccccc1)C(=O)[C@@H]1CS[C@]2(C)CSCC(=O)N12. The molecular formula is C17H22N2O3S2. The third-order valence-corrected chi connectivity index (χ3v) is 7.18. The zero-order valence-corrected chi connectivity index (χ0v) is 15.6. The van der Waals surface area contributed by atoms with Crippen LogP contribution in [0, 0.1) is 0 Å². The van der Waals surface area contributed by atoms with Crippen molar-refractivity contribution in [1.29, 1.82) is 0 Å². The van der Waals surface area contributed by atoms with Crippen LogP contribution in [0.2, 0.25) is 0 Å². The summed E-state index contributed by atoms with van der Waals surface area (Å²) < 4.78 is 5.65. The molecule has 0 radical (unpaired) electrons. The van der Waals surface area contributed by atoms with Crippen LogP contribution in [0.15, 0.2) is 30.3 Å². The van der Waals surface area contributed by atoms with Crippen LogP contribution in [0.3, 0.4) is 0 Å².